The molecular formula is C16H22Cl2N4O2. The molecule has 0 unspecified atom stereocenters. The molecule has 2 rings (SSSR count). The van der Waals surface area contributed by atoms with Crippen molar-refractivity contribution in [2.24, 2.45) is 0 Å². The molecule has 1 aromatic carbocycles. The van der Waals surface area contributed by atoms with Crippen LogP contribution in [0.25, 0.3) is 11.4 Å². The van der Waals surface area contributed by atoms with E-state index in [4.69, 9.17) is 16.1 Å². The predicted octanol–water partition coefficient (Wildman–Crippen LogP) is 2.86. The second kappa shape index (κ2) is 11.0. The number of aromatic nitrogens is 2. The van der Waals surface area contributed by atoms with Crippen molar-refractivity contribution in [3.63, 3.8) is 0 Å². The van der Waals surface area contributed by atoms with Gasteiger partial charge in [-0.15, -0.1) is 12.4 Å². The van der Waals surface area contributed by atoms with Gasteiger partial charge in [-0.3, -0.25) is 4.79 Å². The summed E-state index contributed by atoms with van der Waals surface area (Å²) in [6, 6.07) is 7.25. The molecule has 0 saturated carbocycles. The lowest BCUT2D eigenvalue weighted by molar-refractivity contribution is -0.121. The topological polar surface area (TPSA) is 80.0 Å². The third-order valence-electron chi connectivity index (χ3n) is 3.29. The third-order valence-corrected chi connectivity index (χ3v) is 3.54. The van der Waals surface area contributed by atoms with E-state index in [9.17, 15) is 4.79 Å². The summed E-state index contributed by atoms with van der Waals surface area (Å²) < 4.78 is 5.21. The zero-order valence-electron chi connectivity index (χ0n) is 13.5. The van der Waals surface area contributed by atoms with E-state index in [1.165, 1.54) is 0 Å². The van der Waals surface area contributed by atoms with Crippen LogP contribution in [0.1, 0.15) is 25.2 Å². The molecule has 1 amide bonds. The van der Waals surface area contributed by atoms with Gasteiger partial charge in [0.15, 0.2) is 0 Å². The molecule has 132 valence electrons. The smallest absolute Gasteiger partial charge is 0.226 e. The summed E-state index contributed by atoms with van der Waals surface area (Å²) in [6.45, 7) is 1.59. The third kappa shape index (κ3) is 6.86. The Bertz CT molecular complexity index is 617. The molecule has 0 fully saturated rings. The van der Waals surface area contributed by atoms with E-state index in [0.29, 0.717) is 42.5 Å². The molecule has 0 atom stereocenters. The molecule has 1 aromatic heterocycles. The quantitative estimate of drug-likeness (QED) is 0.661. The van der Waals surface area contributed by atoms with Crippen LogP contribution in [0.15, 0.2) is 28.8 Å². The zero-order chi connectivity index (χ0) is 16.5. The molecule has 0 radical (unpaired) electrons. The van der Waals surface area contributed by atoms with Crippen molar-refractivity contribution >= 4 is 29.9 Å². The molecular weight excluding hydrogens is 351 g/mol. The highest BCUT2D eigenvalue weighted by atomic mass is 35.5. The number of nitrogens with one attached hydrogen (secondary N) is 2. The first-order valence-electron chi connectivity index (χ1n) is 7.69. The summed E-state index contributed by atoms with van der Waals surface area (Å²) in [5.74, 6) is 1.13. The maximum Gasteiger partial charge on any atom is 0.226 e. The van der Waals surface area contributed by atoms with Gasteiger partial charge >= 0.3 is 0 Å². The monoisotopic (exact) mass is 372 g/mol. The number of rotatable bonds is 9. The van der Waals surface area contributed by atoms with Crippen molar-refractivity contribution in [3.05, 3.63) is 35.2 Å². The van der Waals surface area contributed by atoms with Crippen LogP contribution in [0.4, 0.5) is 0 Å². The Hall–Kier alpha value is -1.63. The van der Waals surface area contributed by atoms with E-state index in [1.54, 1.807) is 12.1 Å². The van der Waals surface area contributed by atoms with Crippen LogP contribution in [0.3, 0.4) is 0 Å². The summed E-state index contributed by atoms with van der Waals surface area (Å²) in [7, 11) is 1.89. The van der Waals surface area contributed by atoms with Gasteiger partial charge in [-0.05, 0) is 50.7 Å². The molecule has 0 aliphatic rings. The average molecular weight is 373 g/mol. The first-order valence-corrected chi connectivity index (χ1v) is 8.06. The van der Waals surface area contributed by atoms with Gasteiger partial charge < -0.3 is 15.2 Å². The molecule has 24 heavy (non-hydrogen) atoms. The van der Waals surface area contributed by atoms with Crippen LogP contribution in [-0.4, -0.2) is 36.2 Å². The lowest BCUT2D eigenvalue weighted by Crippen LogP contribution is -2.26. The first kappa shape index (κ1) is 20.4. The highest BCUT2D eigenvalue weighted by Gasteiger charge is 2.09. The Morgan fingerprint density at radius 2 is 1.96 bits per heavy atom. The van der Waals surface area contributed by atoms with Crippen LogP contribution in [-0.2, 0) is 11.2 Å². The summed E-state index contributed by atoms with van der Waals surface area (Å²) in [6.07, 6.45) is 2.65. The Morgan fingerprint density at radius 1 is 1.21 bits per heavy atom. The van der Waals surface area contributed by atoms with Crippen LogP contribution in [0, 0.1) is 0 Å². The van der Waals surface area contributed by atoms with E-state index in [2.05, 4.69) is 20.8 Å². The van der Waals surface area contributed by atoms with Gasteiger partial charge in [0.05, 0.1) is 0 Å². The second-order valence-corrected chi connectivity index (χ2v) is 5.62. The van der Waals surface area contributed by atoms with Gasteiger partial charge in [0, 0.05) is 30.0 Å². The number of aryl methyl sites for hydroxylation is 1. The Morgan fingerprint density at radius 3 is 2.67 bits per heavy atom. The fourth-order valence-corrected chi connectivity index (χ4v) is 2.18. The molecule has 2 aromatic rings. The van der Waals surface area contributed by atoms with Crippen LogP contribution in [0.5, 0.6) is 0 Å². The standard InChI is InChI=1S/C16H21ClN4O2.ClH/c1-18-10-3-11-19-14(22)4-2-5-15-20-16(21-23-15)12-6-8-13(17)9-7-12;/h6-9,18H,2-5,10-11H2,1H3,(H,19,22);1H. The number of nitrogens with zero attached hydrogens (tertiary/aromatic N) is 2. The molecule has 0 aliphatic carbocycles. The van der Waals surface area contributed by atoms with Crippen LogP contribution < -0.4 is 10.6 Å². The lowest BCUT2D eigenvalue weighted by Gasteiger charge is -2.03. The van der Waals surface area contributed by atoms with Gasteiger partial charge in [-0.2, -0.15) is 4.98 Å². The molecule has 8 heteroatoms. The Balaban J connectivity index is 0.00000288. The first-order chi connectivity index (χ1) is 11.2. The maximum absolute atomic E-state index is 11.6. The van der Waals surface area contributed by atoms with Crippen molar-refractivity contribution in [1.82, 2.24) is 20.8 Å². The molecule has 0 saturated heterocycles. The minimum atomic E-state index is 0. The van der Waals surface area contributed by atoms with Gasteiger partial charge in [0.25, 0.3) is 0 Å². The fraction of sp³-hybridized carbons (Fsp3) is 0.438. The number of halogens is 2. The van der Waals surface area contributed by atoms with Gasteiger partial charge in [0.1, 0.15) is 0 Å². The second-order valence-electron chi connectivity index (χ2n) is 5.18. The van der Waals surface area contributed by atoms with E-state index < -0.39 is 0 Å². The summed E-state index contributed by atoms with van der Waals surface area (Å²) in [5.41, 5.74) is 0.853. The highest BCUT2D eigenvalue weighted by Crippen LogP contribution is 2.19. The van der Waals surface area contributed by atoms with E-state index in [0.717, 1.165) is 18.5 Å². The van der Waals surface area contributed by atoms with Crippen LogP contribution in [0.2, 0.25) is 5.02 Å². The molecule has 1 heterocycles. The van der Waals surface area contributed by atoms with E-state index in [-0.39, 0.29) is 18.3 Å². The summed E-state index contributed by atoms with van der Waals surface area (Å²) in [4.78, 5) is 16.0. The number of hydrogen-bond acceptors (Lipinski definition) is 5. The van der Waals surface area contributed by atoms with Crippen molar-refractivity contribution in [2.45, 2.75) is 25.7 Å². The van der Waals surface area contributed by atoms with Gasteiger partial charge in [-0.1, -0.05) is 16.8 Å². The highest BCUT2D eigenvalue weighted by molar-refractivity contribution is 6.30. The SMILES string of the molecule is CNCCCNC(=O)CCCc1nc(-c2ccc(Cl)cc2)no1.Cl. The fourth-order valence-electron chi connectivity index (χ4n) is 2.05. The van der Waals surface area contributed by atoms with Crippen molar-refractivity contribution in [2.75, 3.05) is 20.1 Å². The van der Waals surface area contributed by atoms with Crippen molar-refractivity contribution in [3.8, 4) is 11.4 Å². The maximum atomic E-state index is 11.6. The van der Waals surface area contributed by atoms with Crippen molar-refractivity contribution in [1.29, 1.82) is 0 Å². The molecule has 0 bridgehead atoms. The Kier molecular flexibility index (Phi) is 9.37. The normalized spacial score (nSPS) is 10.2. The van der Waals surface area contributed by atoms with E-state index >= 15 is 0 Å². The zero-order valence-corrected chi connectivity index (χ0v) is 15.1. The number of carbonyl (C=O) groups excluding carboxylic acids is 1. The minimum Gasteiger partial charge on any atom is -0.356 e. The molecule has 2 N–H and O–H groups in total. The summed E-state index contributed by atoms with van der Waals surface area (Å²) in [5, 5.41) is 10.5. The van der Waals surface area contributed by atoms with Gasteiger partial charge in [0.2, 0.25) is 17.6 Å². The van der Waals surface area contributed by atoms with Crippen LogP contribution >= 0.6 is 24.0 Å². The molecule has 0 aliphatic heterocycles. The number of carbonyl (C=O) groups is 1. The van der Waals surface area contributed by atoms with E-state index in [1.807, 2.05) is 19.2 Å². The number of hydrogen-bond donors (Lipinski definition) is 2. The number of amides is 1. The summed E-state index contributed by atoms with van der Waals surface area (Å²) >= 11 is 5.85. The lowest BCUT2D eigenvalue weighted by atomic mass is 10.2. The Labute approximate surface area is 152 Å². The van der Waals surface area contributed by atoms with Gasteiger partial charge in [-0.25, -0.2) is 0 Å². The largest absolute Gasteiger partial charge is 0.356 e. The average Bonchev–Trinajstić information content (AvgIpc) is 3.01. The number of benzene rings is 1. The van der Waals surface area contributed by atoms with Crippen molar-refractivity contribution < 1.29 is 9.32 Å². The molecule has 6 nitrogen and oxygen atoms in total. The molecule has 0 spiro atoms. The predicted molar refractivity (Wildman–Crippen MR) is 96.5 cm³/mol. The minimum absolute atomic E-state index is 0.